The molecule has 2 amide bonds. The van der Waals surface area contributed by atoms with E-state index in [0.29, 0.717) is 11.4 Å². The highest BCUT2D eigenvalue weighted by Crippen LogP contribution is 2.13. The van der Waals surface area contributed by atoms with Crippen LogP contribution in [0.4, 0.5) is 11.4 Å². The van der Waals surface area contributed by atoms with Crippen molar-refractivity contribution in [2.75, 3.05) is 38.1 Å². The van der Waals surface area contributed by atoms with Gasteiger partial charge in [-0.25, -0.2) is 0 Å². The average Bonchev–Trinajstić information content (AvgIpc) is 2.54. The van der Waals surface area contributed by atoms with Crippen LogP contribution in [0, 0.1) is 0 Å². The molecule has 0 aromatic heterocycles. The molecule has 0 unspecified atom stereocenters. The summed E-state index contributed by atoms with van der Waals surface area (Å²) in [6.45, 7) is 8.01. The number of amides is 2. The van der Waals surface area contributed by atoms with Gasteiger partial charge in [-0.2, -0.15) is 0 Å². The SMILES string of the molecule is CC.CC.COCC(=O)Nc1ccc(NC(=O)COC)cc1. The van der Waals surface area contributed by atoms with Crippen molar-refractivity contribution in [2.45, 2.75) is 27.7 Å². The standard InChI is InChI=1S/C12H16N2O4.2C2H6/c1-17-7-11(15)13-9-3-5-10(6-4-9)14-12(16)8-18-2;2*1-2/h3-6H,7-8H2,1-2H3,(H,13,15)(H,14,16);2*1-2H3. The minimum absolute atomic E-state index is 0.00628. The van der Waals surface area contributed by atoms with E-state index in [4.69, 9.17) is 9.47 Å². The van der Waals surface area contributed by atoms with E-state index >= 15 is 0 Å². The average molecular weight is 312 g/mol. The highest BCUT2D eigenvalue weighted by Gasteiger charge is 2.03. The first kappa shape index (κ1) is 22.4. The summed E-state index contributed by atoms with van der Waals surface area (Å²) < 4.78 is 9.39. The number of nitrogens with one attached hydrogen (secondary N) is 2. The smallest absolute Gasteiger partial charge is 0.250 e. The highest BCUT2D eigenvalue weighted by molar-refractivity contribution is 5.93. The summed E-state index contributed by atoms with van der Waals surface area (Å²) in [6.07, 6.45) is 0. The number of anilines is 2. The summed E-state index contributed by atoms with van der Waals surface area (Å²) in [5, 5.41) is 5.29. The summed E-state index contributed by atoms with van der Waals surface area (Å²) >= 11 is 0. The molecule has 0 spiro atoms. The number of benzene rings is 1. The van der Waals surface area contributed by atoms with E-state index in [1.54, 1.807) is 24.3 Å². The van der Waals surface area contributed by atoms with E-state index in [1.807, 2.05) is 27.7 Å². The number of hydrogen-bond acceptors (Lipinski definition) is 4. The number of hydrogen-bond donors (Lipinski definition) is 2. The predicted octanol–water partition coefficient (Wildman–Crippen LogP) is 2.91. The third-order valence-corrected chi connectivity index (χ3v) is 2.00. The Morgan fingerprint density at radius 2 is 1.05 bits per heavy atom. The summed E-state index contributed by atoms with van der Waals surface area (Å²) in [4.78, 5) is 22.5. The van der Waals surface area contributed by atoms with E-state index in [2.05, 4.69) is 10.6 Å². The molecule has 0 saturated heterocycles. The molecule has 0 radical (unpaired) electrons. The monoisotopic (exact) mass is 312 g/mol. The summed E-state index contributed by atoms with van der Waals surface area (Å²) in [7, 11) is 2.90. The number of ether oxygens (including phenoxy) is 2. The van der Waals surface area contributed by atoms with Crippen LogP contribution in [0.25, 0.3) is 0 Å². The first-order valence-electron chi connectivity index (χ1n) is 7.33. The van der Waals surface area contributed by atoms with Crippen LogP contribution in [-0.2, 0) is 19.1 Å². The molecular weight excluding hydrogens is 284 g/mol. The Morgan fingerprint density at radius 1 is 0.773 bits per heavy atom. The molecule has 1 rings (SSSR count). The Hall–Kier alpha value is -1.92. The Balaban J connectivity index is 0. The molecule has 22 heavy (non-hydrogen) atoms. The van der Waals surface area contributed by atoms with E-state index in [0.717, 1.165) is 0 Å². The Kier molecular flexibility index (Phi) is 15.7. The van der Waals surface area contributed by atoms with Crippen molar-refractivity contribution >= 4 is 23.2 Å². The van der Waals surface area contributed by atoms with Crippen molar-refractivity contribution in [3.8, 4) is 0 Å². The molecule has 0 aliphatic heterocycles. The maximum atomic E-state index is 11.2. The van der Waals surface area contributed by atoms with Crippen LogP contribution < -0.4 is 10.6 Å². The molecule has 6 nitrogen and oxygen atoms in total. The van der Waals surface area contributed by atoms with Gasteiger partial charge in [0.2, 0.25) is 11.8 Å². The summed E-state index contributed by atoms with van der Waals surface area (Å²) in [6, 6.07) is 6.76. The Morgan fingerprint density at radius 3 is 1.27 bits per heavy atom. The minimum atomic E-state index is -0.228. The Labute approximate surface area is 133 Å². The van der Waals surface area contributed by atoms with E-state index in [1.165, 1.54) is 14.2 Å². The molecule has 0 atom stereocenters. The topological polar surface area (TPSA) is 76.7 Å². The largest absolute Gasteiger partial charge is 0.375 e. The van der Waals surface area contributed by atoms with Crippen molar-refractivity contribution in [1.82, 2.24) is 0 Å². The second-order valence-corrected chi connectivity index (χ2v) is 3.54. The fourth-order valence-electron chi connectivity index (χ4n) is 1.29. The number of rotatable bonds is 6. The van der Waals surface area contributed by atoms with Crippen LogP contribution >= 0.6 is 0 Å². The van der Waals surface area contributed by atoms with Crippen LogP contribution in [0.1, 0.15) is 27.7 Å². The van der Waals surface area contributed by atoms with Crippen molar-refractivity contribution in [3.63, 3.8) is 0 Å². The fraction of sp³-hybridized carbons (Fsp3) is 0.500. The normalized spacial score (nSPS) is 8.64. The molecule has 0 bridgehead atoms. The summed E-state index contributed by atoms with van der Waals surface area (Å²) in [5.41, 5.74) is 1.28. The molecule has 2 N–H and O–H groups in total. The lowest BCUT2D eigenvalue weighted by molar-refractivity contribution is -0.120. The third-order valence-electron chi connectivity index (χ3n) is 2.00. The minimum Gasteiger partial charge on any atom is -0.375 e. The quantitative estimate of drug-likeness (QED) is 0.847. The molecule has 6 heteroatoms. The van der Waals surface area contributed by atoms with Crippen LogP contribution in [0.2, 0.25) is 0 Å². The van der Waals surface area contributed by atoms with E-state index < -0.39 is 0 Å². The van der Waals surface area contributed by atoms with Gasteiger partial charge in [0.05, 0.1) is 0 Å². The van der Waals surface area contributed by atoms with Crippen LogP contribution in [-0.4, -0.2) is 39.2 Å². The molecule has 126 valence electrons. The first-order chi connectivity index (χ1) is 10.7. The van der Waals surface area contributed by atoms with Gasteiger partial charge in [-0.1, -0.05) is 27.7 Å². The fourth-order valence-corrected chi connectivity index (χ4v) is 1.29. The number of carbonyl (C=O) groups excluding carboxylic acids is 2. The van der Waals surface area contributed by atoms with Gasteiger partial charge in [-0.05, 0) is 24.3 Å². The first-order valence-corrected chi connectivity index (χ1v) is 7.33. The molecule has 0 saturated carbocycles. The summed E-state index contributed by atoms with van der Waals surface area (Å²) in [5.74, 6) is -0.456. The van der Waals surface area contributed by atoms with Crippen LogP contribution in [0.5, 0.6) is 0 Å². The molecule has 1 aromatic carbocycles. The van der Waals surface area contributed by atoms with E-state index in [9.17, 15) is 9.59 Å². The van der Waals surface area contributed by atoms with Gasteiger partial charge in [0, 0.05) is 25.6 Å². The maximum Gasteiger partial charge on any atom is 0.250 e. The lowest BCUT2D eigenvalue weighted by Gasteiger charge is -2.07. The molecule has 0 aliphatic rings. The third kappa shape index (κ3) is 10.8. The molecule has 0 aliphatic carbocycles. The second-order valence-electron chi connectivity index (χ2n) is 3.54. The molecular formula is C16H28N2O4. The molecule has 0 heterocycles. The van der Waals surface area contributed by atoms with Gasteiger partial charge >= 0.3 is 0 Å². The lowest BCUT2D eigenvalue weighted by atomic mass is 10.2. The van der Waals surface area contributed by atoms with Crippen molar-refractivity contribution in [3.05, 3.63) is 24.3 Å². The Bertz CT molecular complexity index is 366. The molecule has 0 fully saturated rings. The van der Waals surface area contributed by atoms with E-state index in [-0.39, 0.29) is 25.0 Å². The van der Waals surface area contributed by atoms with Gasteiger partial charge < -0.3 is 20.1 Å². The zero-order valence-electron chi connectivity index (χ0n) is 14.4. The van der Waals surface area contributed by atoms with Crippen molar-refractivity contribution in [1.29, 1.82) is 0 Å². The zero-order chi connectivity index (χ0) is 17.4. The van der Waals surface area contributed by atoms with Gasteiger partial charge in [0.15, 0.2) is 0 Å². The van der Waals surface area contributed by atoms with Gasteiger partial charge in [0.1, 0.15) is 13.2 Å². The van der Waals surface area contributed by atoms with Crippen molar-refractivity contribution < 1.29 is 19.1 Å². The van der Waals surface area contributed by atoms with Gasteiger partial charge in [-0.3, -0.25) is 9.59 Å². The maximum absolute atomic E-state index is 11.2. The lowest BCUT2D eigenvalue weighted by Crippen LogP contribution is -2.18. The van der Waals surface area contributed by atoms with Crippen LogP contribution in [0.3, 0.4) is 0 Å². The number of methoxy groups -OCH3 is 2. The van der Waals surface area contributed by atoms with Crippen LogP contribution in [0.15, 0.2) is 24.3 Å². The highest BCUT2D eigenvalue weighted by atomic mass is 16.5. The van der Waals surface area contributed by atoms with Crippen molar-refractivity contribution in [2.24, 2.45) is 0 Å². The predicted molar refractivity (Wildman–Crippen MR) is 90.1 cm³/mol. The zero-order valence-corrected chi connectivity index (χ0v) is 14.4. The second kappa shape index (κ2) is 15.5. The number of carbonyl (C=O) groups is 2. The van der Waals surface area contributed by atoms with Gasteiger partial charge in [-0.15, -0.1) is 0 Å². The molecule has 1 aromatic rings. The van der Waals surface area contributed by atoms with Gasteiger partial charge in [0.25, 0.3) is 0 Å².